The van der Waals surface area contributed by atoms with Crippen molar-refractivity contribution in [3.8, 4) is 0 Å². The lowest BCUT2D eigenvalue weighted by atomic mass is 9.66. The van der Waals surface area contributed by atoms with Gasteiger partial charge in [0, 0.05) is 13.0 Å². The van der Waals surface area contributed by atoms with E-state index >= 15 is 0 Å². The van der Waals surface area contributed by atoms with Gasteiger partial charge in [0.2, 0.25) is 5.91 Å². The molecule has 5 nitrogen and oxygen atoms in total. The summed E-state index contributed by atoms with van der Waals surface area (Å²) in [7, 11) is 1.73. The molecule has 1 aliphatic carbocycles. The van der Waals surface area contributed by atoms with Crippen molar-refractivity contribution >= 4 is 5.91 Å². The highest BCUT2D eigenvalue weighted by molar-refractivity contribution is 5.87. The van der Waals surface area contributed by atoms with Crippen molar-refractivity contribution in [2.75, 3.05) is 7.11 Å². The summed E-state index contributed by atoms with van der Waals surface area (Å²) < 4.78 is 11.8. The second-order valence-corrected chi connectivity index (χ2v) is 6.86. The molecule has 0 aromatic carbocycles. The number of carbonyl (C=O) groups excluding carboxylic acids is 1. The van der Waals surface area contributed by atoms with Crippen LogP contribution < -0.4 is 0 Å². The highest BCUT2D eigenvalue weighted by Crippen LogP contribution is 2.50. The van der Waals surface area contributed by atoms with Gasteiger partial charge in [0.1, 0.15) is 5.72 Å². The molecular weight excluding hydrogens is 258 g/mol. The Morgan fingerprint density at radius 3 is 2.75 bits per heavy atom. The van der Waals surface area contributed by atoms with Crippen LogP contribution in [0.2, 0.25) is 0 Å². The first-order valence-electron chi connectivity index (χ1n) is 7.60. The monoisotopic (exact) mass is 283 g/mol. The van der Waals surface area contributed by atoms with Gasteiger partial charge in [-0.3, -0.25) is 4.79 Å². The number of carbonyl (C=O) groups is 1. The van der Waals surface area contributed by atoms with Gasteiger partial charge < -0.3 is 19.5 Å². The summed E-state index contributed by atoms with van der Waals surface area (Å²) in [6, 6.07) is 0.0919. The minimum absolute atomic E-state index is 0.0213. The summed E-state index contributed by atoms with van der Waals surface area (Å²) >= 11 is 0. The summed E-state index contributed by atoms with van der Waals surface area (Å²) in [4.78, 5) is 14.2. The number of nitrogens with zero attached hydrogens (tertiary/aromatic N) is 1. The van der Waals surface area contributed by atoms with E-state index in [2.05, 4.69) is 0 Å². The van der Waals surface area contributed by atoms with Crippen LogP contribution in [0.5, 0.6) is 0 Å². The highest BCUT2D eigenvalue weighted by atomic mass is 16.6. The number of methoxy groups -OCH3 is 1. The predicted octanol–water partition coefficient (Wildman–Crippen LogP) is 1.14. The Morgan fingerprint density at radius 1 is 1.45 bits per heavy atom. The molecule has 1 amide bonds. The number of rotatable bonds is 2. The van der Waals surface area contributed by atoms with E-state index in [9.17, 15) is 9.90 Å². The molecule has 3 aliphatic rings. The van der Waals surface area contributed by atoms with Crippen LogP contribution >= 0.6 is 0 Å². The van der Waals surface area contributed by atoms with Crippen LogP contribution in [0.15, 0.2) is 0 Å². The molecule has 5 heteroatoms. The Labute approximate surface area is 120 Å². The summed E-state index contributed by atoms with van der Waals surface area (Å²) in [6.45, 7) is 5.59. The average molecular weight is 283 g/mol. The molecule has 0 unspecified atom stereocenters. The standard InChI is InChI=1S/C15H25NO4/c1-8(17)11-12-9-6-5-7-10(19-4)13(9)20-15(2,3)16(12)14(11)18/h8-13,17H,5-7H2,1-4H3/t8-,9-,10+,11-,12-,13+/m1/s1. The van der Waals surface area contributed by atoms with Gasteiger partial charge in [-0.25, -0.2) is 0 Å². The van der Waals surface area contributed by atoms with Crippen molar-refractivity contribution in [1.82, 2.24) is 4.90 Å². The number of amides is 1. The molecule has 0 spiro atoms. The van der Waals surface area contributed by atoms with Crippen molar-refractivity contribution in [1.29, 1.82) is 0 Å². The molecule has 3 rings (SSSR count). The van der Waals surface area contributed by atoms with Gasteiger partial charge in [-0.05, 0) is 33.6 Å². The van der Waals surface area contributed by atoms with Crippen LogP contribution in [0.25, 0.3) is 0 Å². The van der Waals surface area contributed by atoms with Gasteiger partial charge in [0.15, 0.2) is 0 Å². The van der Waals surface area contributed by atoms with Gasteiger partial charge in [-0.1, -0.05) is 6.42 Å². The lowest BCUT2D eigenvalue weighted by Crippen LogP contribution is -2.78. The Kier molecular flexibility index (Phi) is 3.35. The third kappa shape index (κ3) is 1.83. The van der Waals surface area contributed by atoms with Gasteiger partial charge in [-0.15, -0.1) is 0 Å². The molecule has 1 saturated carbocycles. The molecule has 0 aromatic heterocycles. The van der Waals surface area contributed by atoms with Gasteiger partial charge >= 0.3 is 0 Å². The summed E-state index contributed by atoms with van der Waals surface area (Å²) in [5.74, 6) is 0.0216. The van der Waals surface area contributed by atoms with Crippen LogP contribution in [0.4, 0.5) is 0 Å². The first-order chi connectivity index (χ1) is 9.38. The van der Waals surface area contributed by atoms with Crippen molar-refractivity contribution in [3.05, 3.63) is 0 Å². The summed E-state index contributed by atoms with van der Waals surface area (Å²) in [6.07, 6.45) is 2.67. The first-order valence-corrected chi connectivity index (χ1v) is 7.60. The van der Waals surface area contributed by atoms with Crippen molar-refractivity contribution < 1.29 is 19.4 Å². The number of aliphatic hydroxyl groups excluding tert-OH is 1. The third-order valence-electron chi connectivity index (χ3n) is 5.27. The number of aliphatic hydroxyl groups is 1. The molecule has 114 valence electrons. The molecule has 2 saturated heterocycles. The zero-order valence-electron chi connectivity index (χ0n) is 12.7. The molecule has 0 bridgehead atoms. The van der Waals surface area contributed by atoms with E-state index < -0.39 is 11.8 Å². The molecule has 6 atom stereocenters. The zero-order valence-corrected chi connectivity index (χ0v) is 12.7. The van der Waals surface area contributed by atoms with E-state index in [0.29, 0.717) is 0 Å². The van der Waals surface area contributed by atoms with E-state index in [4.69, 9.17) is 9.47 Å². The zero-order chi connectivity index (χ0) is 14.7. The number of hydrogen-bond acceptors (Lipinski definition) is 4. The van der Waals surface area contributed by atoms with Crippen LogP contribution in [-0.4, -0.2) is 53.1 Å². The SMILES string of the molecule is CO[C@H]1CCC[C@H]2[C@@H]1OC(C)(C)N1C(=O)[C@H]([C@@H](C)O)[C@@H]21. The second-order valence-electron chi connectivity index (χ2n) is 6.86. The minimum atomic E-state index is -0.609. The predicted molar refractivity (Wildman–Crippen MR) is 72.9 cm³/mol. The maximum atomic E-state index is 12.3. The summed E-state index contributed by atoms with van der Waals surface area (Å²) in [5.41, 5.74) is -0.609. The van der Waals surface area contributed by atoms with Crippen LogP contribution in [0.3, 0.4) is 0 Å². The molecule has 0 radical (unpaired) electrons. The Hall–Kier alpha value is -0.650. The summed E-state index contributed by atoms with van der Waals surface area (Å²) in [5, 5.41) is 9.95. The number of hydrogen-bond donors (Lipinski definition) is 1. The van der Waals surface area contributed by atoms with Crippen LogP contribution in [0.1, 0.15) is 40.0 Å². The molecule has 3 fully saturated rings. The van der Waals surface area contributed by atoms with E-state index in [1.54, 1.807) is 14.0 Å². The van der Waals surface area contributed by atoms with Gasteiger partial charge in [-0.2, -0.15) is 0 Å². The smallest absolute Gasteiger partial charge is 0.232 e. The molecule has 2 aliphatic heterocycles. The lowest BCUT2D eigenvalue weighted by Gasteiger charge is -2.64. The van der Waals surface area contributed by atoms with Crippen molar-refractivity contribution in [2.24, 2.45) is 11.8 Å². The van der Waals surface area contributed by atoms with E-state index in [-0.39, 0.29) is 36.0 Å². The normalized spacial score (nSPS) is 44.4. The minimum Gasteiger partial charge on any atom is -0.393 e. The van der Waals surface area contributed by atoms with Crippen molar-refractivity contribution in [2.45, 2.75) is 70.1 Å². The molecular formula is C15H25NO4. The third-order valence-corrected chi connectivity index (χ3v) is 5.27. The fourth-order valence-corrected chi connectivity index (χ4v) is 4.44. The second kappa shape index (κ2) is 4.68. The Bertz CT molecular complexity index is 409. The van der Waals surface area contributed by atoms with E-state index in [1.165, 1.54) is 0 Å². The number of ether oxygens (including phenoxy) is 2. The van der Waals surface area contributed by atoms with Crippen molar-refractivity contribution in [3.63, 3.8) is 0 Å². The van der Waals surface area contributed by atoms with Crippen LogP contribution in [-0.2, 0) is 14.3 Å². The van der Waals surface area contributed by atoms with E-state index in [0.717, 1.165) is 19.3 Å². The molecule has 2 heterocycles. The average Bonchev–Trinajstić information content (AvgIpc) is 2.34. The van der Waals surface area contributed by atoms with Gasteiger partial charge in [0.25, 0.3) is 0 Å². The Balaban J connectivity index is 1.92. The molecule has 1 N–H and O–H groups in total. The first kappa shape index (κ1) is 14.3. The highest BCUT2D eigenvalue weighted by Gasteiger charge is 2.64. The lowest BCUT2D eigenvalue weighted by molar-refractivity contribution is -0.302. The molecule has 0 aromatic rings. The number of fused-ring (bicyclic) bond motifs is 3. The maximum absolute atomic E-state index is 12.3. The molecule has 20 heavy (non-hydrogen) atoms. The topological polar surface area (TPSA) is 59.0 Å². The maximum Gasteiger partial charge on any atom is 0.232 e. The fraction of sp³-hybridized carbons (Fsp3) is 0.933. The van der Waals surface area contributed by atoms with Crippen LogP contribution in [0, 0.1) is 11.8 Å². The largest absolute Gasteiger partial charge is 0.393 e. The number of β-lactam (4-membered cyclic amide) rings is 1. The quantitative estimate of drug-likeness (QED) is 0.772. The van der Waals surface area contributed by atoms with E-state index in [1.807, 2.05) is 18.7 Å². The Morgan fingerprint density at radius 2 is 2.15 bits per heavy atom. The van der Waals surface area contributed by atoms with Gasteiger partial charge in [0.05, 0.1) is 30.3 Å². The fourth-order valence-electron chi connectivity index (χ4n) is 4.44.